The van der Waals surface area contributed by atoms with E-state index < -0.39 is 0 Å². The number of aromatic nitrogens is 1. The van der Waals surface area contributed by atoms with Crippen LogP contribution >= 0.6 is 0 Å². The molecule has 5 rings (SSSR count). The second-order valence-electron chi connectivity index (χ2n) is 8.75. The van der Waals surface area contributed by atoms with Crippen LogP contribution in [-0.2, 0) is 11.3 Å². The molecule has 0 atom stereocenters. The molecule has 192 valence electrons. The van der Waals surface area contributed by atoms with Crippen molar-refractivity contribution in [1.82, 2.24) is 26.0 Å². The third-order valence-corrected chi connectivity index (χ3v) is 6.29. The Morgan fingerprint density at radius 3 is 2.73 bits per heavy atom. The first kappa shape index (κ1) is 24.6. The summed E-state index contributed by atoms with van der Waals surface area (Å²) in [5, 5.41) is 19.7. The standard InChI is InChI=1S/C26H30N8O3/c1-35-24-13-22-23(14-25(24)37-10-2-7-33-8-11-36-12-9-33)28-16-20(15-27)26(22)30-21-5-3-19(4-6-21)17-34-18-29-31-32-34/h3-6,13-14,16,18,31-32H,2,7-12,17H2,1H3,(H,28,30). The minimum absolute atomic E-state index is 0.446. The van der Waals surface area contributed by atoms with Gasteiger partial charge in [0.05, 0.1) is 50.2 Å². The van der Waals surface area contributed by atoms with Crippen LogP contribution in [0.3, 0.4) is 0 Å². The zero-order valence-electron chi connectivity index (χ0n) is 20.7. The fourth-order valence-corrected chi connectivity index (χ4v) is 4.32. The summed E-state index contributed by atoms with van der Waals surface area (Å²) in [4.78, 5) is 6.90. The van der Waals surface area contributed by atoms with Crippen molar-refractivity contribution < 1.29 is 14.2 Å². The number of nitrogens with zero attached hydrogens (tertiary/aromatic N) is 5. The van der Waals surface area contributed by atoms with Crippen LogP contribution in [0.1, 0.15) is 17.5 Å². The van der Waals surface area contributed by atoms with Gasteiger partial charge in [-0.05, 0) is 30.2 Å². The molecule has 0 amide bonds. The van der Waals surface area contributed by atoms with Crippen LogP contribution in [0, 0.1) is 11.3 Å². The zero-order valence-corrected chi connectivity index (χ0v) is 20.7. The smallest absolute Gasteiger partial charge is 0.163 e. The number of benzene rings is 2. The van der Waals surface area contributed by atoms with Gasteiger partial charge in [-0.15, -0.1) is 5.53 Å². The van der Waals surface area contributed by atoms with E-state index in [0.29, 0.717) is 41.4 Å². The van der Waals surface area contributed by atoms with Gasteiger partial charge in [-0.1, -0.05) is 12.1 Å². The quantitative estimate of drug-likeness (QED) is 0.357. The van der Waals surface area contributed by atoms with Crippen LogP contribution in [0.15, 0.2) is 47.7 Å². The van der Waals surface area contributed by atoms with Crippen molar-refractivity contribution in [3.05, 3.63) is 53.7 Å². The molecule has 1 saturated heterocycles. The normalized spacial score (nSPS) is 15.4. The van der Waals surface area contributed by atoms with Crippen molar-refractivity contribution in [2.24, 2.45) is 5.10 Å². The molecule has 0 radical (unpaired) electrons. The fourth-order valence-electron chi connectivity index (χ4n) is 4.32. The van der Waals surface area contributed by atoms with E-state index in [1.807, 2.05) is 41.4 Å². The van der Waals surface area contributed by atoms with Crippen LogP contribution in [0.5, 0.6) is 11.5 Å². The number of hydrazone groups is 1. The maximum atomic E-state index is 9.76. The summed E-state index contributed by atoms with van der Waals surface area (Å²) in [5.74, 6) is 1.24. The lowest BCUT2D eigenvalue weighted by Gasteiger charge is -2.26. The Kier molecular flexibility index (Phi) is 7.81. The van der Waals surface area contributed by atoms with Gasteiger partial charge in [0, 0.05) is 43.0 Å². The van der Waals surface area contributed by atoms with Gasteiger partial charge in [-0.25, -0.2) is 5.53 Å². The molecule has 1 aromatic heterocycles. The van der Waals surface area contributed by atoms with Gasteiger partial charge in [0.1, 0.15) is 12.4 Å². The summed E-state index contributed by atoms with van der Waals surface area (Å²) >= 11 is 0. The van der Waals surface area contributed by atoms with Crippen molar-refractivity contribution in [3.63, 3.8) is 0 Å². The van der Waals surface area contributed by atoms with Gasteiger partial charge >= 0.3 is 0 Å². The van der Waals surface area contributed by atoms with E-state index in [9.17, 15) is 5.26 Å². The van der Waals surface area contributed by atoms with E-state index >= 15 is 0 Å². The lowest BCUT2D eigenvalue weighted by atomic mass is 10.1. The third kappa shape index (κ3) is 6.00. The molecule has 0 unspecified atom stereocenters. The summed E-state index contributed by atoms with van der Waals surface area (Å²) in [6, 6.07) is 14.0. The molecule has 0 aliphatic carbocycles. The van der Waals surface area contributed by atoms with Crippen LogP contribution in [-0.4, -0.2) is 67.8 Å². The minimum atomic E-state index is 0.446. The first-order chi connectivity index (χ1) is 18.2. The predicted molar refractivity (Wildman–Crippen MR) is 140 cm³/mol. The molecule has 1 fully saturated rings. The first-order valence-electron chi connectivity index (χ1n) is 12.2. The highest BCUT2D eigenvalue weighted by Crippen LogP contribution is 2.37. The highest BCUT2D eigenvalue weighted by molar-refractivity contribution is 5.97. The number of rotatable bonds is 10. The lowest BCUT2D eigenvalue weighted by Crippen LogP contribution is -2.37. The van der Waals surface area contributed by atoms with E-state index in [2.05, 4.69) is 37.4 Å². The van der Waals surface area contributed by atoms with E-state index in [0.717, 1.165) is 55.9 Å². The van der Waals surface area contributed by atoms with Crippen molar-refractivity contribution in [3.8, 4) is 17.6 Å². The van der Waals surface area contributed by atoms with E-state index in [1.54, 1.807) is 19.6 Å². The van der Waals surface area contributed by atoms with Gasteiger partial charge in [0.2, 0.25) is 0 Å². The first-order valence-corrected chi connectivity index (χ1v) is 12.2. The number of anilines is 2. The van der Waals surface area contributed by atoms with Crippen LogP contribution < -0.4 is 25.9 Å². The number of hydrazine groups is 2. The second-order valence-corrected chi connectivity index (χ2v) is 8.75. The maximum Gasteiger partial charge on any atom is 0.163 e. The van der Waals surface area contributed by atoms with Crippen molar-refractivity contribution in [2.75, 3.05) is 51.9 Å². The minimum Gasteiger partial charge on any atom is -0.493 e. The Balaban J connectivity index is 1.31. The number of fused-ring (bicyclic) bond motifs is 1. The maximum absolute atomic E-state index is 9.76. The summed E-state index contributed by atoms with van der Waals surface area (Å²) < 4.78 is 17.1. The Hall–Kier alpha value is -4.11. The summed E-state index contributed by atoms with van der Waals surface area (Å²) in [6.45, 7) is 5.70. The molecular weight excluding hydrogens is 472 g/mol. The number of pyridine rings is 1. The molecule has 11 heteroatoms. The molecule has 3 aromatic rings. The molecular formula is C26H30N8O3. The number of nitrogens with one attached hydrogen (secondary N) is 3. The van der Waals surface area contributed by atoms with Gasteiger partial charge in [0.25, 0.3) is 0 Å². The molecule has 2 aliphatic rings. The second kappa shape index (κ2) is 11.7. The van der Waals surface area contributed by atoms with Crippen LogP contribution in [0.25, 0.3) is 10.9 Å². The largest absolute Gasteiger partial charge is 0.493 e. The molecule has 11 nitrogen and oxygen atoms in total. The average molecular weight is 503 g/mol. The third-order valence-electron chi connectivity index (χ3n) is 6.29. The number of hydrogen-bond donors (Lipinski definition) is 3. The fraction of sp³-hybridized carbons (Fsp3) is 0.346. The van der Waals surface area contributed by atoms with Crippen LogP contribution in [0.2, 0.25) is 0 Å². The van der Waals surface area contributed by atoms with Gasteiger partial charge in [-0.3, -0.25) is 14.9 Å². The van der Waals surface area contributed by atoms with Gasteiger partial charge < -0.3 is 19.5 Å². The Morgan fingerprint density at radius 1 is 1.16 bits per heavy atom. The zero-order chi connectivity index (χ0) is 25.5. The molecule has 3 heterocycles. The van der Waals surface area contributed by atoms with Crippen molar-refractivity contribution in [1.29, 1.82) is 5.26 Å². The summed E-state index contributed by atoms with van der Waals surface area (Å²) in [5.41, 5.74) is 9.39. The Labute approximate surface area is 215 Å². The van der Waals surface area contributed by atoms with Crippen molar-refractivity contribution in [2.45, 2.75) is 13.0 Å². The Morgan fingerprint density at radius 2 is 2.00 bits per heavy atom. The molecule has 37 heavy (non-hydrogen) atoms. The molecule has 3 N–H and O–H groups in total. The number of ether oxygens (including phenoxy) is 3. The Bertz CT molecular complexity index is 1290. The highest BCUT2D eigenvalue weighted by Gasteiger charge is 2.16. The predicted octanol–water partition coefficient (Wildman–Crippen LogP) is 2.73. The molecule has 0 bridgehead atoms. The molecule has 2 aliphatic heterocycles. The number of methoxy groups -OCH3 is 1. The van der Waals surface area contributed by atoms with Gasteiger partial charge in [0.15, 0.2) is 11.5 Å². The number of morpholine rings is 1. The highest BCUT2D eigenvalue weighted by atomic mass is 16.5. The van der Waals surface area contributed by atoms with Crippen molar-refractivity contribution >= 4 is 28.6 Å². The van der Waals surface area contributed by atoms with E-state index in [-0.39, 0.29) is 0 Å². The van der Waals surface area contributed by atoms with E-state index in [4.69, 9.17) is 14.2 Å². The summed E-state index contributed by atoms with van der Waals surface area (Å²) in [7, 11) is 1.62. The SMILES string of the molecule is COc1cc2c(Nc3ccc(CN4C=NNN4)cc3)c(C#N)cnc2cc1OCCCN1CCOCC1. The molecule has 2 aromatic carbocycles. The molecule has 0 spiro atoms. The summed E-state index contributed by atoms with van der Waals surface area (Å²) in [6.07, 6.45) is 4.17. The number of nitriles is 1. The molecule has 0 saturated carbocycles. The van der Waals surface area contributed by atoms with E-state index in [1.165, 1.54) is 0 Å². The number of hydrogen-bond acceptors (Lipinski definition) is 11. The lowest BCUT2D eigenvalue weighted by molar-refractivity contribution is 0.0357. The average Bonchev–Trinajstić information content (AvgIpc) is 3.45. The van der Waals surface area contributed by atoms with Crippen LogP contribution in [0.4, 0.5) is 11.4 Å². The monoisotopic (exact) mass is 502 g/mol. The topological polar surface area (TPSA) is 119 Å². The van der Waals surface area contributed by atoms with Gasteiger partial charge in [-0.2, -0.15) is 10.4 Å².